The summed E-state index contributed by atoms with van der Waals surface area (Å²) in [6, 6.07) is 0. The Morgan fingerprint density at radius 2 is 2.00 bits per heavy atom. The smallest absolute Gasteiger partial charge is 0.0667 e. The zero-order valence-corrected chi connectivity index (χ0v) is 9.61. The average molecular weight is 185 g/mol. The van der Waals surface area contributed by atoms with Gasteiger partial charge in [-0.3, -0.25) is 0 Å². The summed E-state index contributed by atoms with van der Waals surface area (Å²) in [5.74, 6) is 0.659. The van der Waals surface area contributed by atoms with Crippen molar-refractivity contribution in [1.82, 2.24) is 5.32 Å². The van der Waals surface area contributed by atoms with Gasteiger partial charge in [0.2, 0.25) is 0 Å². The van der Waals surface area contributed by atoms with E-state index in [-0.39, 0.29) is 11.1 Å². The Morgan fingerprint density at radius 3 is 2.38 bits per heavy atom. The monoisotopic (exact) mass is 185 g/mol. The average Bonchev–Trinajstić information content (AvgIpc) is 2.23. The molecule has 0 radical (unpaired) electrons. The largest absolute Gasteiger partial charge is 0.375 e. The SMILES string of the molecule is CC(C)(C)NCC1CCOC1(C)C. The number of hydrogen-bond donors (Lipinski definition) is 1. The Morgan fingerprint density at radius 1 is 1.38 bits per heavy atom. The summed E-state index contributed by atoms with van der Waals surface area (Å²) < 4.78 is 5.68. The highest BCUT2D eigenvalue weighted by atomic mass is 16.5. The maximum absolute atomic E-state index is 5.68. The Balaban J connectivity index is 2.37. The van der Waals surface area contributed by atoms with E-state index in [0.29, 0.717) is 5.92 Å². The second kappa shape index (κ2) is 3.58. The molecule has 0 amide bonds. The van der Waals surface area contributed by atoms with Gasteiger partial charge in [0, 0.05) is 24.6 Å². The zero-order chi connectivity index (χ0) is 10.1. The van der Waals surface area contributed by atoms with E-state index < -0.39 is 0 Å². The maximum Gasteiger partial charge on any atom is 0.0667 e. The van der Waals surface area contributed by atoms with E-state index in [4.69, 9.17) is 4.74 Å². The van der Waals surface area contributed by atoms with Crippen molar-refractivity contribution in [3.05, 3.63) is 0 Å². The van der Waals surface area contributed by atoms with Crippen molar-refractivity contribution in [1.29, 1.82) is 0 Å². The van der Waals surface area contributed by atoms with Gasteiger partial charge >= 0.3 is 0 Å². The summed E-state index contributed by atoms with van der Waals surface area (Å²) in [6.07, 6.45) is 1.19. The van der Waals surface area contributed by atoms with Gasteiger partial charge in [0.15, 0.2) is 0 Å². The molecule has 13 heavy (non-hydrogen) atoms. The lowest BCUT2D eigenvalue weighted by Crippen LogP contribution is -2.43. The molecule has 1 aliphatic heterocycles. The first-order chi connectivity index (χ1) is 5.81. The van der Waals surface area contributed by atoms with Crippen molar-refractivity contribution < 1.29 is 4.74 Å². The van der Waals surface area contributed by atoms with Crippen LogP contribution in [0.1, 0.15) is 41.0 Å². The third kappa shape index (κ3) is 3.28. The fourth-order valence-corrected chi connectivity index (χ4v) is 1.71. The Bertz CT molecular complexity index is 169. The second-order valence-electron chi connectivity index (χ2n) is 5.57. The van der Waals surface area contributed by atoms with Gasteiger partial charge in [-0.2, -0.15) is 0 Å². The van der Waals surface area contributed by atoms with Crippen molar-refractivity contribution in [3.63, 3.8) is 0 Å². The lowest BCUT2D eigenvalue weighted by molar-refractivity contribution is 0.0102. The van der Waals surface area contributed by atoms with Gasteiger partial charge in [0.05, 0.1) is 5.60 Å². The maximum atomic E-state index is 5.68. The first-order valence-electron chi connectivity index (χ1n) is 5.20. The molecule has 2 nitrogen and oxygen atoms in total. The third-order valence-electron chi connectivity index (χ3n) is 2.80. The molecule has 1 rings (SSSR count). The van der Waals surface area contributed by atoms with Crippen LogP contribution in [0.15, 0.2) is 0 Å². The molecule has 1 N–H and O–H groups in total. The molecular weight excluding hydrogens is 162 g/mol. The van der Waals surface area contributed by atoms with Crippen LogP contribution in [-0.4, -0.2) is 24.3 Å². The van der Waals surface area contributed by atoms with Crippen molar-refractivity contribution in [2.45, 2.75) is 52.2 Å². The molecule has 2 heteroatoms. The summed E-state index contributed by atoms with van der Waals surface area (Å²) in [5, 5.41) is 3.54. The van der Waals surface area contributed by atoms with E-state index in [1.807, 2.05) is 0 Å². The quantitative estimate of drug-likeness (QED) is 0.712. The number of rotatable bonds is 2. The molecule has 0 aromatic rings. The highest BCUT2D eigenvalue weighted by Crippen LogP contribution is 2.30. The standard InChI is InChI=1S/C11H23NO/c1-10(2,3)12-8-9-6-7-13-11(9,4)5/h9,12H,6-8H2,1-5H3. The second-order valence-corrected chi connectivity index (χ2v) is 5.57. The van der Waals surface area contributed by atoms with E-state index in [0.717, 1.165) is 13.2 Å². The molecule has 0 aromatic heterocycles. The van der Waals surface area contributed by atoms with Crippen LogP contribution in [0.3, 0.4) is 0 Å². The van der Waals surface area contributed by atoms with Crippen LogP contribution in [-0.2, 0) is 4.74 Å². The van der Waals surface area contributed by atoms with Crippen molar-refractivity contribution >= 4 is 0 Å². The van der Waals surface area contributed by atoms with E-state index in [9.17, 15) is 0 Å². The minimum Gasteiger partial charge on any atom is -0.375 e. The molecule has 1 aliphatic rings. The molecule has 1 unspecified atom stereocenters. The molecule has 0 spiro atoms. The van der Waals surface area contributed by atoms with Crippen LogP contribution >= 0.6 is 0 Å². The van der Waals surface area contributed by atoms with E-state index >= 15 is 0 Å². The van der Waals surface area contributed by atoms with Gasteiger partial charge in [0.25, 0.3) is 0 Å². The van der Waals surface area contributed by atoms with Crippen LogP contribution in [0.5, 0.6) is 0 Å². The minimum absolute atomic E-state index is 0.0677. The van der Waals surface area contributed by atoms with Gasteiger partial charge in [-0.05, 0) is 41.0 Å². The van der Waals surface area contributed by atoms with Crippen LogP contribution < -0.4 is 5.32 Å². The fourth-order valence-electron chi connectivity index (χ4n) is 1.71. The molecule has 1 heterocycles. The van der Waals surface area contributed by atoms with E-state index in [1.54, 1.807) is 0 Å². The van der Waals surface area contributed by atoms with E-state index in [2.05, 4.69) is 39.9 Å². The van der Waals surface area contributed by atoms with Crippen LogP contribution in [0.4, 0.5) is 0 Å². The predicted octanol–water partition coefficient (Wildman–Crippen LogP) is 2.19. The molecule has 0 bridgehead atoms. The summed E-state index contributed by atoms with van der Waals surface area (Å²) in [6.45, 7) is 13.0. The summed E-state index contributed by atoms with van der Waals surface area (Å²) in [4.78, 5) is 0. The molecule has 0 aromatic carbocycles. The predicted molar refractivity (Wildman–Crippen MR) is 55.9 cm³/mol. The highest BCUT2D eigenvalue weighted by molar-refractivity contribution is 4.87. The summed E-state index contributed by atoms with van der Waals surface area (Å²) in [5.41, 5.74) is 0.289. The molecule has 0 aliphatic carbocycles. The van der Waals surface area contributed by atoms with Gasteiger partial charge in [0.1, 0.15) is 0 Å². The topological polar surface area (TPSA) is 21.3 Å². The highest BCUT2D eigenvalue weighted by Gasteiger charge is 2.35. The number of ether oxygens (including phenoxy) is 1. The third-order valence-corrected chi connectivity index (χ3v) is 2.80. The number of nitrogens with one attached hydrogen (secondary N) is 1. The lowest BCUT2D eigenvalue weighted by Gasteiger charge is -2.29. The lowest BCUT2D eigenvalue weighted by atomic mass is 9.90. The normalized spacial score (nSPS) is 27.9. The summed E-state index contributed by atoms with van der Waals surface area (Å²) >= 11 is 0. The zero-order valence-electron chi connectivity index (χ0n) is 9.61. The van der Waals surface area contributed by atoms with Crippen molar-refractivity contribution in [3.8, 4) is 0 Å². The molecule has 1 fully saturated rings. The van der Waals surface area contributed by atoms with Crippen molar-refractivity contribution in [2.75, 3.05) is 13.2 Å². The molecule has 1 saturated heterocycles. The summed E-state index contributed by atoms with van der Waals surface area (Å²) in [7, 11) is 0. The molecular formula is C11H23NO. The molecule has 1 atom stereocenters. The molecule has 78 valence electrons. The van der Waals surface area contributed by atoms with Crippen LogP contribution in [0.2, 0.25) is 0 Å². The number of hydrogen-bond acceptors (Lipinski definition) is 2. The van der Waals surface area contributed by atoms with Gasteiger partial charge in [-0.15, -0.1) is 0 Å². The molecule has 0 saturated carbocycles. The first kappa shape index (κ1) is 11.0. The first-order valence-corrected chi connectivity index (χ1v) is 5.20. The Kier molecular flexibility index (Phi) is 3.03. The van der Waals surface area contributed by atoms with Gasteiger partial charge < -0.3 is 10.1 Å². The minimum atomic E-state index is 0.0677. The fraction of sp³-hybridized carbons (Fsp3) is 1.00. The van der Waals surface area contributed by atoms with E-state index in [1.165, 1.54) is 6.42 Å². The van der Waals surface area contributed by atoms with Crippen LogP contribution in [0, 0.1) is 5.92 Å². The van der Waals surface area contributed by atoms with Crippen molar-refractivity contribution in [2.24, 2.45) is 5.92 Å². The Hall–Kier alpha value is -0.0800. The Labute approximate surface area is 82.0 Å². The van der Waals surface area contributed by atoms with Gasteiger partial charge in [-0.25, -0.2) is 0 Å². The van der Waals surface area contributed by atoms with Gasteiger partial charge in [-0.1, -0.05) is 0 Å². The van der Waals surface area contributed by atoms with Crippen LogP contribution in [0.25, 0.3) is 0 Å².